The highest BCUT2D eigenvalue weighted by molar-refractivity contribution is 5.95. The number of hydrogen-bond donors (Lipinski definition) is 0. The Morgan fingerprint density at radius 2 is 2.20 bits per heavy atom. The summed E-state index contributed by atoms with van der Waals surface area (Å²) < 4.78 is 7.67. The predicted molar refractivity (Wildman–Crippen MR) is 95.8 cm³/mol. The van der Waals surface area contributed by atoms with Crippen LogP contribution in [0.25, 0.3) is 0 Å². The van der Waals surface area contributed by atoms with Crippen molar-refractivity contribution in [2.75, 3.05) is 38.7 Å². The van der Waals surface area contributed by atoms with Gasteiger partial charge < -0.3 is 14.5 Å². The number of aromatic nitrogens is 3. The molecule has 1 saturated heterocycles. The SMILES string of the molecule is CCn1cc(C(=O)N2CCO[C@@H](c3cccc(N(C)C)n3)C2)c(C)n1. The van der Waals surface area contributed by atoms with Crippen molar-refractivity contribution < 1.29 is 9.53 Å². The average molecular weight is 343 g/mol. The molecule has 0 N–H and O–H groups in total. The van der Waals surface area contributed by atoms with Crippen molar-refractivity contribution in [2.24, 2.45) is 0 Å². The Hall–Kier alpha value is -2.41. The third-order valence-corrected chi connectivity index (χ3v) is 4.40. The van der Waals surface area contributed by atoms with Crippen molar-refractivity contribution in [1.82, 2.24) is 19.7 Å². The van der Waals surface area contributed by atoms with Crippen molar-refractivity contribution in [1.29, 1.82) is 0 Å². The summed E-state index contributed by atoms with van der Waals surface area (Å²) >= 11 is 0. The van der Waals surface area contributed by atoms with Gasteiger partial charge in [0.2, 0.25) is 0 Å². The Kier molecular flexibility index (Phi) is 5.03. The predicted octanol–water partition coefficient (Wildman–Crippen LogP) is 1.89. The fraction of sp³-hybridized carbons (Fsp3) is 0.500. The lowest BCUT2D eigenvalue weighted by molar-refractivity contribution is -0.0247. The molecule has 0 bridgehead atoms. The fourth-order valence-electron chi connectivity index (χ4n) is 2.94. The molecule has 1 atom stereocenters. The zero-order valence-electron chi connectivity index (χ0n) is 15.3. The van der Waals surface area contributed by atoms with E-state index in [9.17, 15) is 4.79 Å². The smallest absolute Gasteiger partial charge is 0.257 e. The summed E-state index contributed by atoms with van der Waals surface area (Å²) in [4.78, 5) is 21.3. The van der Waals surface area contributed by atoms with Crippen LogP contribution in [0.4, 0.5) is 5.82 Å². The molecule has 0 spiro atoms. The number of hydrogen-bond acceptors (Lipinski definition) is 5. The minimum Gasteiger partial charge on any atom is -0.368 e. The van der Waals surface area contributed by atoms with Gasteiger partial charge in [-0.15, -0.1) is 0 Å². The van der Waals surface area contributed by atoms with Crippen molar-refractivity contribution in [3.05, 3.63) is 41.3 Å². The first-order chi connectivity index (χ1) is 12.0. The number of pyridine rings is 1. The maximum atomic E-state index is 12.9. The molecule has 0 aromatic carbocycles. The van der Waals surface area contributed by atoms with Gasteiger partial charge in [0, 0.05) is 33.4 Å². The van der Waals surface area contributed by atoms with E-state index in [0.29, 0.717) is 25.3 Å². The van der Waals surface area contributed by atoms with E-state index in [1.807, 2.05) is 62.1 Å². The summed E-state index contributed by atoms with van der Waals surface area (Å²) in [6.07, 6.45) is 1.62. The molecule has 0 aliphatic carbocycles. The topological polar surface area (TPSA) is 63.5 Å². The Morgan fingerprint density at radius 3 is 2.88 bits per heavy atom. The highest BCUT2D eigenvalue weighted by Gasteiger charge is 2.28. The summed E-state index contributed by atoms with van der Waals surface area (Å²) in [5.74, 6) is 0.888. The zero-order valence-corrected chi connectivity index (χ0v) is 15.3. The van der Waals surface area contributed by atoms with E-state index < -0.39 is 0 Å². The number of carbonyl (C=O) groups is 1. The molecule has 2 aromatic rings. The second-order valence-corrected chi connectivity index (χ2v) is 6.41. The summed E-state index contributed by atoms with van der Waals surface area (Å²) in [7, 11) is 3.91. The second kappa shape index (κ2) is 7.23. The standard InChI is InChI=1S/C18H25N5O2/c1-5-23-11-14(13(2)20-23)18(24)22-9-10-25-16(12-22)15-7-6-8-17(19-15)21(3)4/h6-8,11,16H,5,9-10,12H2,1-4H3/t16-/m1/s1. The summed E-state index contributed by atoms with van der Waals surface area (Å²) in [5.41, 5.74) is 2.28. The van der Waals surface area contributed by atoms with Crippen LogP contribution in [0.5, 0.6) is 0 Å². The largest absolute Gasteiger partial charge is 0.368 e. The van der Waals surface area contributed by atoms with Gasteiger partial charge in [0.05, 0.1) is 30.1 Å². The van der Waals surface area contributed by atoms with Crippen LogP contribution in [0.15, 0.2) is 24.4 Å². The number of ether oxygens (including phenoxy) is 1. The molecule has 134 valence electrons. The van der Waals surface area contributed by atoms with Gasteiger partial charge in [0.25, 0.3) is 5.91 Å². The molecule has 0 saturated carbocycles. The Labute approximate surface area is 148 Å². The van der Waals surface area contributed by atoms with Crippen LogP contribution in [-0.4, -0.2) is 59.4 Å². The molecular weight excluding hydrogens is 318 g/mol. The first kappa shape index (κ1) is 17.4. The van der Waals surface area contributed by atoms with E-state index in [1.54, 1.807) is 4.68 Å². The van der Waals surface area contributed by atoms with Gasteiger partial charge in [-0.3, -0.25) is 9.48 Å². The quantitative estimate of drug-likeness (QED) is 0.848. The second-order valence-electron chi connectivity index (χ2n) is 6.41. The van der Waals surface area contributed by atoms with Crippen LogP contribution < -0.4 is 4.90 Å². The average Bonchev–Trinajstić information content (AvgIpc) is 3.02. The third-order valence-electron chi connectivity index (χ3n) is 4.40. The number of morpholine rings is 1. The minimum atomic E-state index is -0.209. The van der Waals surface area contributed by atoms with Gasteiger partial charge >= 0.3 is 0 Å². The highest BCUT2D eigenvalue weighted by Crippen LogP contribution is 2.24. The lowest BCUT2D eigenvalue weighted by atomic mass is 10.1. The lowest BCUT2D eigenvalue weighted by Crippen LogP contribution is -2.42. The summed E-state index contributed by atoms with van der Waals surface area (Å²) in [6, 6.07) is 5.88. The van der Waals surface area contributed by atoms with Crippen molar-refractivity contribution in [3.63, 3.8) is 0 Å². The van der Waals surface area contributed by atoms with E-state index in [-0.39, 0.29) is 12.0 Å². The van der Waals surface area contributed by atoms with Gasteiger partial charge in [0.15, 0.2) is 0 Å². The fourth-order valence-corrected chi connectivity index (χ4v) is 2.94. The summed E-state index contributed by atoms with van der Waals surface area (Å²) in [5, 5.41) is 4.37. The maximum Gasteiger partial charge on any atom is 0.257 e. The molecule has 0 radical (unpaired) electrons. The molecule has 1 fully saturated rings. The van der Waals surface area contributed by atoms with Crippen LogP contribution >= 0.6 is 0 Å². The van der Waals surface area contributed by atoms with Gasteiger partial charge in [-0.25, -0.2) is 4.98 Å². The molecule has 1 amide bonds. The van der Waals surface area contributed by atoms with Crippen molar-refractivity contribution >= 4 is 11.7 Å². The van der Waals surface area contributed by atoms with E-state index in [0.717, 1.165) is 23.8 Å². The number of nitrogens with zero attached hydrogens (tertiary/aromatic N) is 5. The van der Waals surface area contributed by atoms with Gasteiger partial charge in [-0.2, -0.15) is 5.10 Å². The number of rotatable bonds is 4. The number of anilines is 1. The normalized spacial score (nSPS) is 17.6. The molecule has 3 heterocycles. The third kappa shape index (κ3) is 3.66. The molecule has 3 rings (SSSR count). The Balaban J connectivity index is 1.77. The van der Waals surface area contributed by atoms with E-state index in [4.69, 9.17) is 4.74 Å². The number of amides is 1. The first-order valence-corrected chi connectivity index (χ1v) is 8.58. The highest BCUT2D eigenvalue weighted by atomic mass is 16.5. The van der Waals surface area contributed by atoms with Crippen LogP contribution in [0.3, 0.4) is 0 Å². The van der Waals surface area contributed by atoms with E-state index in [1.165, 1.54) is 0 Å². The van der Waals surface area contributed by atoms with Crippen LogP contribution in [0, 0.1) is 6.92 Å². The number of carbonyl (C=O) groups excluding carboxylic acids is 1. The van der Waals surface area contributed by atoms with Gasteiger partial charge in [-0.1, -0.05) is 6.07 Å². The van der Waals surface area contributed by atoms with Crippen molar-refractivity contribution in [2.45, 2.75) is 26.5 Å². The molecule has 1 aliphatic heterocycles. The van der Waals surface area contributed by atoms with E-state index in [2.05, 4.69) is 10.1 Å². The molecule has 0 unspecified atom stereocenters. The molecule has 2 aromatic heterocycles. The Bertz CT molecular complexity index is 756. The molecule has 7 nitrogen and oxygen atoms in total. The molecule has 7 heteroatoms. The molecule has 25 heavy (non-hydrogen) atoms. The monoisotopic (exact) mass is 343 g/mol. The van der Waals surface area contributed by atoms with Crippen LogP contribution in [0.1, 0.15) is 34.8 Å². The first-order valence-electron chi connectivity index (χ1n) is 8.58. The van der Waals surface area contributed by atoms with Crippen molar-refractivity contribution in [3.8, 4) is 0 Å². The number of aryl methyl sites for hydroxylation is 2. The van der Waals surface area contributed by atoms with E-state index >= 15 is 0 Å². The minimum absolute atomic E-state index is 0.00858. The van der Waals surface area contributed by atoms with Gasteiger partial charge in [0.1, 0.15) is 11.9 Å². The van der Waals surface area contributed by atoms with Crippen LogP contribution in [0.2, 0.25) is 0 Å². The lowest BCUT2D eigenvalue weighted by Gasteiger charge is -2.32. The van der Waals surface area contributed by atoms with Gasteiger partial charge in [-0.05, 0) is 26.0 Å². The Morgan fingerprint density at radius 1 is 1.40 bits per heavy atom. The molecule has 1 aliphatic rings. The zero-order chi connectivity index (χ0) is 18.0. The summed E-state index contributed by atoms with van der Waals surface area (Å²) in [6.45, 7) is 6.22. The van der Waals surface area contributed by atoms with Crippen LogP contribution in [-0.2, 0) is 11.3 Å². The molecular formula is C18H25N5O2. The maximum absolute atomic E-state index is 12.9.